The van der Waals surface area contributed by atoms with Crippen LogP contribution in [-0.4, -0.2) is 43.5 Å². The number of likely N-dealkylation sites (N-methyl/N-ethyl adjacent to an activating group) is 1. The number of hydrogen-bond donors (Lipinski definition) is 1. The molecule has 1 aliphatic rings. The summed E-state index contributed by atoms with van der Waals surface area (Å²) in [7, 11) is 3.87. The SMILES string of the molecule is COc1cc(CCN(C)CC[C@@H]2C(C(C)C)Cc3cc(F)ccc3[C@@H]2O)ccc1SC. The van der Waals surface area contributed by atoms with Gasteiger partial charge in [0.15, 0.2) is 0 Å². The summed E-state index contributed by atoms with van der Waals surface area (Å²) in [6.07, 6.45) is 4.28. The average Bonchev–Trinajstić information content (AvgIpc) is 2.76. The van der Waals surface area contributed by atoms with Gasteiger partial charge in [0, 0.05) is 11.4 Å². The molecule has 0 radical (unpaired) electrons. The van der Waals surface area contributed by atoms with E-state index < -0.39 is 6.10 Å². The van der Waals surface area contributed by atoms with Gasteiger partial charge in [0.05, 0.1) is 13.2 Å². The monoisotopic (exact) mass is 445 g/mol. The molecule has 5 heteroatoms. The van der Waals surface area contributed by atoms with Crippen LogP contribution in [0.15, 0.2) is 41.3 Å². The van der Waals surface area contributed by atoms with Crippen LogP contribution in [0.5, 0.6) is 5.75 Å². The Bertz CT molecular complexity index is 872. The van der Waals surface area contributed by atoms with E-state index in [9.17, 15) is 9.50 Å². The number of aliphatic hydroxyl groups excluding tert-OH is 1. The molecule has 1 aliphatic carbocycles. The Balaban J connectivity index is 1.60. The number of fused-ring (bicyclic) bond motifs is 1. The number of halogens is 1. The fourth-order valence-corrected chi connectivity index (χ4v) is 5.40. The van der Waals surface area contributed by atoms with E-state index in [0.29, 0.717) is 11.8 Å². The van der Waals surface area contributed by atoms with Crippen LogP contribution in [0.25, 0.3) is 0 Å². The Kier molecular flexibility index (Phi) is 8.43. The average molecular weight is 446 g/mol. The molecule has 0 bridgehead atoms. The van der Waals surface area contributed by atoms with E-state index in [2.05, 4.69) is 50.2 Å². The molecule has 3 nitrogen and oxygen atoms in total. The number of nitrogens with zero attached hydrogens (tertiary/aromatic N) is 1. The molecule has 3 atom stereocenters. The summed E-state index contributed by atoms with van der Waals surface area (Å²) in [5.74, 6) is 1.73. The van der Waals surface area contributed by atoms with Crippen LogP contribution < -0.4 is 4.74 Å². The maximum Gasteiger partial charge on any atom is 0.132 e. The quantitative estimate of drug-likeness (QED) is 0.510. The van der Waals surface area contributed by atoms with Crippen molar-refractivity contribution < 1.29 is 14.2 Å². The molecule has 0 aliphatic heterocycles. The Morgan fingerprint density at radius 1 is 1.19 bits per heavy atom. The van der Waals surface area contributed by atoms with E-state index in [0.717, 1.165) is 54.1 Å². The number of thioether (sulfide) groups is 1. The lowest BCUT2D eigenvalue weighted by Gasteiger charge is -2.40. The third kappa shape index (κ3) is 5.82. The van der Waals surface area contributed by atoms with E-state index in [1.165, 1.54) is 11.6 Å². The summed E-state index contributed by atoms with van der Waals surface area (Å²) in [6, 6.07) is 11.3. The van der Waals surface area contributed by atoms with Crippen molar-refractivity contribution in [2.75, 3.05) is 33.5 Å². The largest absolute Gasteiger partial charge is 0.496 e. The number of hydrogen-bond acceptors (Lipinski definition) is 4. The predicted octanol–water partition coefficient (Wildman–Crippen LogP) is 5.60. The van der Waals surface area contributed by atoms with Crippen molar-refractivity contribution in [2.24, 2.45) is 17.8 Å². The van der Waals surface area contributed by atoms with Crippen molar-refractivity contribution in [1.82, 2.24) is 4.90 Å². The van der Waals surface area contributed by atoms with Crippen LogP contribution in [0.1, 0.15) is 43.1 Å². The summed E-state index contributed by atoms with van der Waals surface area (Å²) >= 11 is 1.70. The standard InChI is InChI=1S/C26H36FNO2S/c1-17(2)23-16-19-15-20(27)7-8-21(19)26(29)22(23)11-13-28(3)12-10-18-6-9-25(31-5)24(14-18)30-4/h6-9,14-15,17,22-23,26,29H,10-13,16H2,1-5H3/t22-,23?,26+/m1/s1. The van der Waals surface area contributed by atoms with Crippen LogP contribution in [0.4, 0.5) is 4.39 Å². The maximum atomic E-state index is 13.7. The van der Waals surface area contributed by atoms with Gasteiger partial charge in [0.1, 0.15) is 11.6 Å². The minimum atomic E-state index is -0.520. The number of methoxy groups -OCH3 is 1. The van der Waals surface area contributed by atoms with E-state index in [4.69, 9.17) is 4.74 Å². The normalized spacial score (nSPS) is 20.9. The molecule has 2 aromatic rings. The van der Waals surface area contributed by atoms with Gasteiger partial charge in [-0.1, -0.05) is 26.0 Å². The highest BCUT2D eigenvalue weighted by atomic mass is 32.2. The number of rotatable bonds is 9. The third-order valence-electron chi connectivity index (χ3n) is 6.77. The summed E-state index contributed by atoms with van der Waals surface area (Å²) in [5.41, 5.74) is 3.15. The maximum absolute atomic E-state index is 13.7. The predicted molar refractivity (Wildman–Crippen MR) is 127 cm³/mol. The first kappa shape index (κ1) is 24.1. The topological polar surface area (TPSA) is 32.7 Å². The number of benzene rings is 2. The zero-order valence-corrected chi connectivity index (χ0v) is 20.2. The van der Waals surface area contributed by atoms with Crippen molar-refractivity contribution >= 4 is 11.8 Å². The van der Waals surface area contributed by atoms with Gasteiger partial charge in [0.25, 0.3) is 0 Å². The second-order valence-corrected chi connectivity index (χ2v) is 9.94. The molecule has 3 rings (SSSR count). The molecule has 0 heterocycles. The molecule has 0 spiro atoms. The molecule has 2 aromatic carbocycles. The minimum absolute atomic E-state index is 0.196. The first-order valence-electron chi connectivity index (χ1n) is 11.2. The van der Waals surface area contributed by atoms with E-state index >= 15 is 0 Å². The molecule has 0 fully saturated rings. The second kappa shape index (κ2) is 10.8. The van der Waals surface area contributed by atoms with Crippen molar-refractivity contribution in [2.45, 2.75) is 44.1 Å². The molecular formula is C26H36FNO2S. The molecule has 0 saturated heterocycles. The Labute approximate surface area is 191 Å². The molecule has 0 aromatic heterocycles. The lowest BCUT2D eigenvalue weighted by atomic mass is 9.68. The first-order valence-corrected chi connectivity index (χ1v) is 12.4. The molecule has 1 unspecified atom stereocenters. The lowest BCUT2D eigenvalue weighted by molar-refractivity contribution is 0.0320. The smallest absolute Gasteiger partial charge is 0.132 e. The minimum Gasteiger partial charge on any atom is -0.496 e. The fourth-order valence-electron chi connectivity index (χ4n) is 4.85. The van der Waals surface area contributed by atoms with E-state index in [-0.39, 0.29) is 11.7 Å². The van der Waals surface area contributed by atoms with Gasteiger partial charge < -0.3 is 14.7 Å². The molecule has 170 valence electrons. The van der Waals surface area contributed by atoms with Gasteiger partial charge in [-0.25, -0.2) is 4.39 Å². The van der Waals surface area contributed by atoms with Gasteiger partial charge in [-0.15, -0.1) is 11.8 Å². The highest BCUT2D eigenvalue weighted by Crippen LogP contribution is 2.43. The van der Waals surface area contributed by atoms with Gasteiger partial charge in [-0.05, 0) is 97.8 Å². The lowest BCUT2D eigenvalue weighted by Crippen LogP contribution is -2.35. The zero-order chi connectivity index (χ0) is 22.5. The van der Waals surface area contributed by atoms with E-state index in [1.54, 1.807) is 31.0 Å². The Morgan fingerprint density at radius 2 is 1.97 bits per heavy atom. The van der Waals surface area contributed by atoms with Crippen molar-refractivity contribution in [1.29, 1.82) is 0 Å². The molecular weight excluding hydrogens is 409 g/mol. The summed E-state index contributed by atoms with van der Waals surface area (Å²) < 4.78 is 19.2. The molecule has 0 amide bonds. The van der Waals surface area contributed by atoms with E-state index in [1.807, 2.05) is 0 Å². The van der Waals surface area contributed by atoms with Crippen molar-refractivity contribution in [3.63, 3.8) is 0 Å². The van der Waals surface area contributed by atoms with Crippen molar-refractivity contribution in [3.05, 3.63) is 58.9 Å². The highest BCUT2D eigenvalue weighted by molar-refractivity contribution is 7.98. The Morgan fingerprint density at radius 3 is 2.65 bits per heavy atom. The van der Waals surface area contributed by atoms with Gasteiger partial charge in [-0.3, -0.25) is 0 Å². The Hall–Kier alpha value is -1.56. The highest BCUT2D eigenvalue weighted by Gasteiger charge is 2.37. The summed E-state index contributed by atoms with van der Waals surface area (Å²) in [5, 5.41) is 11.1. The van der Waals surface area contributed by atoms with Crippen molar-refractivity contribution in [3.8, 4) is 5.75 Å². The summed E-state index contributed by atoms with van der Waals surface area (Å²) in [4.78, 5) is 3.50. The molecule has 1 N–H and O–H groups in total. The zero-order valence-electron chi connectivity index (χ0n) is 19.4. The molecule has 0 saturated carbocycles. The number of ether oxygens (including phenoxy) is 1. The second-order valence-electron chi connectivity index (χ2n) is 9.10. The summed E-state index contributed by atoms with van der Waals surface area (Å²) in [6.45, 7) is 6.31. The number of aliphatic hydroxyl groups is 1. The van der Waals surface area contributed by atoms with Crippen LogP contribution >= 0.6 is 11.8 Å². The van der Waals surface area contributed by atoms with Crippen LogP contribution in [0, 0.1) is 23.6 Å². The first-order chi connectivity index (χ1) is 14.8. The fraction of sp³-hybridized carbons (Fsp3) is 0.538. The van der Waals surface area contributed by atoms with Gasteiger partial charge in [-0.2, -0.15) is 0 Å². The van der Waals surface area contributed by atoms with Crippen LogP contribution in [0.3, 0.4) is 0 Å². The van der Waals surface area contributed by atoms with Gasteiger partial charge >= 0.3 is 0 Å². The van der Waals surface area contributed by atoms with Crippen LogP contribution in [-0.2, 0) is 12.8 Å². The van der Waals surface area contributed by atoms with Gasteiger partial charge in [0.2, 0.25) is 0 Å². The molecule has 31 heavy (non-hydrogen) atoms. The van der Waals surface area contributed by atoms with Crippen LogP contribution in [0.2, 0.25) is 0 Å². The third-order valence-corrected chi connectivity index (χ3v) is 7.54.